The third-order valence-electron chi connectivity index (χ3n) is 4.48. The van der Waals surface area contributed by atoms with Crippen molar-refractivity contribution in [2.24, 2.45) is 17.8 Å². The average molecular weight is 298 g/mol. The number of hydrogen-bond acceptors (Lipinski definition) is 4. The van der Waals surface area contributed by atoms with Crippen molar-refractivity contribution in [1.82, 2.24) is 10.2 Å². The summed E-state index contributed by atoms with van der Waals surface area (Å²) in [7, 11) is 0. The van der Waals surface area contributed by atoms with Crippen molar-refractivity contribution in [1.29, 1.82) is 0 Å². The van der Waals surface area contributed by atoms with Gasteiger partial charge in [0.05, 0.1) is 25.0 Å². The Hall–Kier alpha value is -1.14. The molecular formula is C15H26N2O4. The monoisotopic (exact) mass is 298 g/mol. The minimum Gasteiger partial charge on any atom is -0.481 e. The highest BCUT2D eigenvalue weighted by atomic mass is 16.5. The number of nitrogens with zero attached hydrogens (tertiary/aromatic N) is 1. The Morgan fingerprint density at radius 3 is 2.52 bits per heavy atom. The van der Waals surface area contributed by atoms with Crippen molar-refractivity contribution in [2.45, 2.75) is 32.7 Å². The largest absolute Gasteiger partial charge is 0.481 e. The zero-order valence-corrected chi connectivity index (χ0v) is 12.9. The predicted octanol–water partition coefficient (Wildman–Crippen LogP) is 0.570. The molecule has 0 radical (unpaired) electrons. The number of ether oxygens (including phenoxy) is 1. The van der Waals surface area contributed by atoms with Gasteiger partial charge in [-0.15, -0.1) is 0 Å². The van der Waals surface area contributed by atoms with E-state index < -0.39 is 11.9 Å². The molecule has 6 heteroatoms. The molecule has 4 atom stereocenters. The maximum atomic E-state index is 12.3. The number of carbonyl (C=O) groups excluding carboxylic acids is 1. The molecule has 2 rings (SSSR count). The van der Waals surface area contributed by atoms with Crippen molar-refractivity contribution in [3.63, 3.8) is 0 Å². The van der Waals surface area contributed by atoms with E-state index in [2.05, 4.69) is 10.2 Å². The van der Waals surface area contributed by atoms with E-state index in [4.69, 9.17) is 4.74 Å². The van der Waals surface area contributed by atoms with E-state index in [1.54, 1.807) is 0 Å². The van der Waals surface area contributed by atoms with Crippen LogP contribution in [0.1, 0.15) is 26.7 Å². The van der Waals surface area contributed by atoms with Gasteiger partial charge in [-0.25, -0.2) is 0 Å². The summed E-state index contributed by atoms with van der Waals surface area (Å²) in [5.74, 6) is -1.57. The standard InChI is InChI=1S/C15H26N2O4/c1-10-7-12(13(8-10)15(19)20)14(18)16-11(2)9-17-3-5-21-6-4-17/h10-13H,3-9H2,1-2H3,(H,16,18)(H,19,20). The molecule has 0 aromatic carbocycles. The Bertz CT molecular complexity index is 382. The van der Waals surface area contributed by atoms with Crippen molar-refractivity contribution < 1.29 is 19.4 Å². The fourth-order valence-electron chi connectivity index (χ4n) is 3.42. The summed E-state index contributed by atoms with van der Waals surface area (Å²) in [5, 5.41) is 12.2. The van der Waals surface area contributed by atoms with Crippen LogP contribution < -0.4 is 5.32 Å². The molecule has 2 N–H and O–H groups in total. The van der Waals surface area contributed by atoms with Crippen LogP contribution in [0.15, 0.2) is 0 Å². The minimum atomic E-state index is -0.847. The summed E-state index contributed by atoms with van der Waals surface area (Å²) in [6.07, 6.45) is 1.28. The van der Waals surface area contributed by atoms with Gasteiger partial charge in [0.2, 0.25) is 5.91 Å². The quantitative estimate of drug-likeness (QED) is 0.776. The van der Waals surface area contributed by atoms with E-state index in [1.807, 2.05) is 13.8 Å². The number of aliphatic carboxylic acids is 1. The summed E-state index contributed by atoms with van der Waals surface area (Å²) in [6, 6.07) is 0.0287. The van der Waals surface area contributed by atoms with E-state index >= 15 is 0 Å². The molecule has 1 amide bonds. The molecule has 21 heavy (non-hydrogen) atoms. The maximum absolute atomic E-state index is 12.3. The van der Waals surface area contributed by atoms with Crippen molar-refractivity contribution >= 4 is 11.9 Å². The van der Waals surface area contributed by atoms with E-state index in [-0.39, 0.29) is 17.9 Å². The molecule has 1 saturated carbocycles. The van der Waals surface area contributed by atoms with Gasteiger partial charge < -0.3 is 15.2 Å². The lowest BCUT2D eigenvalue weighted by molar-refractivity contribution is -0.146. The van der Waals surface area contributed by atoms with Gasteiger partial charge in [0.1, 0.15) is 0 Å². The summed E-state index contributed by atoms with van der Waals surface area (Å²) < 4.78 is 5.30. The van der Waals surface area contributed by atoms with Gasteiger partial charge in [-0.3, -0.25) is 14.5 Å². The van der Waals surface area contributed by atoms with Crippen LogP contribution in [0.2, 0.25) is 0 Å². The van der Waals surface area contributed by atoms with E-state index in [9.17, 15) is 14.7 Å². The highest BCUT2D eigenvalue weighted by Crippen LogP contribution is 2.36. The van der Waals surface area contributed by atoms with Gasteiger partial charge in [0.15, 0.2) is 0 Å². The fourth-order valence-corrected chi connectivity index (χ4v) is 3.42. The first-order valence-corrected chi connectivity index (χ1v) is 7.80. The molecule has 1 aliphatic heterocycles. The summed E-state index contributed by atoms with van der Waals surface area (Å²) in [6.45, 7) is 8.03. The van der Waals surface area contributed by atoms with Crippen molar-refractivity contribution in [3.05, 3.63) is 0 Å². The molecule has 0 spiro atoms. The smallest absolute Gasteiger partial charge is 0.307 e. The zero-order chi connectivity index (χ0) is 15.4. The third kappa shape index (κ3) is 4.41. The number of rotatable bonds is 5. The van der Waals surface area contributed by atoms with Gasteiger partial charge in [0, 0.05) is 25.7 Å². The predicted molar refractivity (Wildman–Crippen MR) is 77.9 cm³/mol. The molecule has 6 nitrogen and oxygen atoms in total. The van der Waals surface area contributed by atoms with Crippen LogP contribution in [0.5, 0.6) is 0 Å². The minimum absolute atomic E-state index is 0.0287. The molecule has 1 aliphatic carbocycles. The summed E-state index contributed by atoms with van der Waals surface area (Å²) in [5.41, 5.74) is 0. The topological polar surface area (TPSA) is 78.9 Å². The molecule has 0 aromatic heterocycles. The van der Waals surface area contributed by atoms with E-state index in [1.165, 1.54) is 0 Å². The fraction of sp³-hybridized carbons (Fsp3) is 0.867. The second-order valence-electron chi connectivity index (χ2n) is 6.45. The van der Waals surface area contributed by atoms with E-state index in [0.717, 1.165) is 32.8 Å². The molecule has 0 aromatic rings. The van der Waals surface area contributed by atoms with Gasteiger partial charge in [-0.05, 0) is 25.7 Å². The van der Waals surface area contributed by atoms with Crippen LogP contribution in [0.25, 0.3) is 0 Å². The Morgan fingerprint density at radius 1 is 1.29 bits per heavy atom. The Balaban J connectivity index is 1.83. The Kier molecular flexibility index (Phi) is 5.58. The average Bonchev–Trinajstić information content (AvgIpc) is 2.82. The first kappa shape index (κ1) is 16.2. The van der Waals surface area contributed by atoms with Crippen LogP contribution in [-0.2, 0) is 14.3 Å². The molecule has 1 saturated heterocycles. The first-order valence-electron chi connectivity index (χ1n) is 7.80. The van der Waals surface area contributed by atoms with Crippen LogP contribution in [0.4, 0.5) is 0 Å². The Morgan fingerprint density at radius 2 is 1.90 bits per heavy atom. The SMILES string of the molecule is CC1CC(C(=O)O)C(C(=O)NC(C)CN2CCOCC2)C1. The number of morpholine rings is 1. The highest BCUT2D eigenvalue weighted by Gasteiger charge is 2.41. The summed E-state index contributed by atoms with van der Waals surface area (Å²) >= 11 is 0. The van der Waals surface area contributed by atoms with Crippen LogP contribution in [0, 0.1) is 17.8 Å². The van der Waals surface area contributed by atoms with Gasteiger partial charge in [0.25, 0.3) is 0 Å². The van der Waals surface area contributed by atoms with E-state index in [0.29, 0.717) is 18.8 Å². The molecule has 2 fully saturated rings. The van der Waals surface area contributed by atoms with Crippen molar-refractivity contribution in [3.8, 4) is 0 Å². The molecule has 0 bridgehead atoms. The number of nitrogens with one attached hydrogen (secondary N) is 1. The van der Waals surface area contributed by atoms with Crippen LogP contribution in [0.3, 0.4) is 0 Å². The first-order chi connectivity index (χ1) is 9.97. The lowest BCUT2D eigenvalue weighted by Gasteiger charge is -2.30. The number of carboxylic acids is 1. The second kappa shape index (κ2) is 7.22. The van der Waals surface area contributed by atoms with Gasteiger partial charge in [-0.1, -0.05) is 6.92 Å². The summed E-state index contributed by atoms with van der Waals surface area (Å²) in [4.78, 5) is 25.9. The van der Waals surface area contributed by atoms with Crippen LogP contribution in [-0.4, -0.2) is 60.8 Å². The normalized spacial score (nSPS) is 31.8. The van der Waals surface area contributed by atoms with Crippen molar-refractivity contribution in [2.75, 3.05) is 32.8 Å². The second-order valence-corrected chi connectivity index (χ2v) is 6.45. The molecule has 1 heterocycles. The lowest BCUT2D eigenvalue weighted by Crippen LogP contribution is -2.48. The molecule has 4 unspecified atom stereocenters. The maximum Gasteiger partial charge on any atom is 0.307 e. The van der Waals surface area contributed by atoms with Gasteiger partial charge >= 0.3 is 5.97 Å². The van der Waals surface area contributed by atoms with Gasteiger partial charge in [-0.2, -0.15) is 0 Å². The number of hydrogen-bond donors (Lipinski definition) is 2. The number of carbonyl (C=O) groups is 2. The lowest BCUT2D eigenvalue weighted by atomic mass is 9.95. The zero-order valence-electron chi connectivity index (χ0n) is 12.9. The molecule has 2 aliphatic rings. The highest BCUT2D eigenvalue weighted by molar-refractivity contribution is 5.85. The number of amides is 1. The third-order valence-corrected chi connectivity index (χ3v) is 4.48. The molecule has 120 valence electrons. The Labute approximate surface area is 125 Å². The van der Waals surface area contributed by atoms with Crippen LogP contribution >= 0.6 is 0 Å². The number of carboxylic acid groups (broad SMARTS) is 1. The molecular weight excluding hydrogens is 272 g/mol.